The zero-order chi connectivity index (χ0) is 22.1. The van der Waals surface area contributed by atoms with Gasteiger partial charge in [-0.25, -0.2) is 0 Å². The van der Waals surface area contributed by atoms with Gasteiger partial charge in [0.2, 0.25) is 6.29 Å². The van der Waals surface area contributed by atoms with Crippen LogP contribution in [-0.4, -0.2) is 70.2 Å². The molecule has 1 aliphatic rings. The van der Waals surface area contributed by atoms with E-state index in [-0.39, 0.29) is 16.7 Å². The molecule has 2 unspecified atom stereocenters. The van der Waals surface area contributed by atoms with Crippen molar-refractivity contribution in [2.24, 2.45) is 0 Å². The second-order valence-electron chi connectivity index (χ2n) is 7.25. The van der Waals surface area contributed by atoms with Crippen molar-refractivity contribution in [2.75, 3.05) is 13.7 Å². The Labute approximate surface area is 178 Å². The molecule has 9 heteroatoms. The highest BCUT2D eigenvalue weighted by atomic mass is 35.5. The van der Waals surface area contributed by atoms with E-state index in [1.54, 1.807) is 42.5 Å². The maximum atomic E-state index is 11.9. The molecule has 1 fully saturated rings. The molecular weight excluding hydrogens is 414 g/mol. The molecule has 162 valence electrons. The Bertz CT molecular complexity index is 920. The van der Waals surface area contributed by atoms with E-state index in [2.05, 4.69) is 5.32 Å². The molecule has 5 atom stereocenters. The van der Waals surface area contributed by atoms with Crippen LogP contribution >= 0.6 is 11.6 Å². The first kappa shape index (κ1) is 22.5. The number of benzene rings is 2. The summed E-state index contributed by atoms with van der Waals surface area (Å²) in [5.74, 6) is -0.0836. The van der Waals surface area contributed by atoms with E-state index in [1.807, 2.05) is 0 Å². The molecule has 1 aliphatic heterocycles. The van der Waals surface area contributed by atoms with Gasteiger partial charge in [-0.05, 0) is 30.7 Å². The molecular formula is C21H24ClNO7. The third kappa shape index (κ3) is 4.15. The summed E-state index contributed by atoms with van der Waals surface area (Å²) in [7, 11) is 1.54. The Balaban J connectivity index is 1.93. The smallest absolute Gasteiger partial charge is 0.251 e. The van der Waals surface area contributed by atoms with Crippen LogP contribution in [0.15, 0.2) is 42.5 Å². The first-order valence-electron chi connectivity index (χ1n) is 9.33. The number of aliphatic hydroxyl groups excluding tert-OH is 3. The molecule has 0 saturated carbocycles. The van der Waals surface area contributed by atoms with Gasteiger partial charge in [-0.15, -0.1) is 0 Å². The van der Waals surface area contributed by atoms with Crippen LogP contribution < -0.4 is 10.1 Å². The summed E-state index contributed by atoms with van der Waals surface area (Å²) in [4.78, 5) is 11.9. The Morgan fingerprint density at radius 2 is 1.97 bits per heavy atom. The fraction of sp³-hybridized carbons (Fsp3) is 0.381. The molecule has 3 rings (SSSR count). The van der Waals surface area contributed by atoms with E-state index < -0.39 is 36.8 Å². The predicted octanol–water partition coefficient (Wildman–Crippen LogP) is 0.935. The van der Waals surface area contributed by atoms with E-state index in [0.29, 0.717) is 16.7 Å². The fourth-order valence-electron chi connectivity index (χ4n) is 3.28. The predicted molar refractivity (Wildman–Crippen MR) is 109 cm³/mol. The van der Waals surface area contributed by atoms with Crippen molar-refractivity contribution >= 4 is 17.5 Å². The number of hydrogen-bond donors (Lipinski definition) is 5. The molecule has 0 spiro atoms. The monoisotopic (exact) mass is 437 g/mol. The number of halogens is 1. The van der Waals surface area contributed by atoms with Crippen molar-refractivity contribution in [1.29, 1.82) is 0 Å². The number of carbonyl (C=O) groups is 1. The van der Waals surface area contributed by atoms with Crippen LogP contribution in [-0.2, 0) is 4.74 Å². The van der Waals surface area contributed by atoms with Crippen LogP contribution in [0.5, 0.6) is 5.75 Å². The minimum atomic E-state index is -1.97. The van der Waals surface area contributed by atoms with Crippen molar-refractivity contribution in [3.8, 4) is 16.9 Å². The quantitative estimate of drug-likeness (QED) is 0.470. The van der Waals surface area contributed by atoms with Crippen LogP contribution in [0.25, 0.3) is 11.1 Å². The summed E-state index contributed by atoms with van der Waals surface area (Å²) >= 11 is 6.53. The maximum absolute atomic E-state index is 11.9. The van der Waals surface area contributed by atoms with Gasteiger partial charge in [0.1, 0.15) is 24.1 Å². The summed E-state index contributed by atoms with van der Waals surface area (Å²) in [6.45, 7) is 0.679. The first-order valence-corrected chi connectivity index (χ1v) is 9.71. The highest BCUT2D eigenvalue weighted by molar-refractivity contribution is 6.34. The van der Waals surface area contributed by atoms with Crippen molar-refractivity contribution in [2.45, 2.75) is 37.1 Å². The first-order chi connectivity index (χ1) is 14.2. The van der Waals surface area contributed by atoms with Crippen LogP contribution in [0.3, 0.4) is 0 Å². The molecule has 2 aromatic rings. The normalized spacial score (nSPS) is 28.8. The third-order valence-corrected chi connectivity index (χ3v) is 5.51. The topological polar surface area (TPSA) is 128 Å². The molecule has 5 N–H and O–H groups in total. The lowest BCUT2D eigenvalue weighted by molar-refractivity contribution is -0.314. The molecule has 1 amide bonds. The number of ether oxygens (including phenoxy) is 2. The summed E-state index contributed by atoms with van der Waals surface area (Å²) < 4.78 is 11.2. The molecule has 0 aliphatic carbocycles. The Kier molecular flexibility index (Phi) is 6.66. The summed E-state index contributed by atoms with van der Waals surface area (Å²) in [5, 5.41) is 43.0. The van der Waals surface area contributed by atoms with Crippen LogP contribution in [0.1, 0.15) is 17.3 Å². The number of nitrogens with one attached hydrogen (secondary N) is 1. The fourth-order valence-corrected chi connectivity index (χ4v) is 3.56. The van der Waals surface area contributed by atoms with Crippen molar-refractivity contribution < 1.29 is 34.7 Å². The van der Waals surface area contributed by atoms with Crippen molar-refractivity contribution in [1.82, 2.24) is 5.32 Å². The van der Waals surface area contributed by atoms with E-state index >= 15 is 0 Å². The third-order valence-electron chi connectivity index (χ3n) is 5.12. The van der Waals surface area contributed by atoms with Gasteiger partial charge >= 0.3 is 0 Å². The standard InChI is InChI=1S/C21H24ClNO7/c1-21(28)18(26)17(25)15(10-24)30-20(21)29-14-8-4-7-13(16(14)22)11-5-3-6-12(9-11)19(27)23-2/h3-9,15,17-18,20,24-26,28H,10H2,1-2H3,(H,23,27)/t15?,17-,18?,20+,21+/m1/s1. The van der Waals surface area contributed by atoms with Gasteiger partial charge in [0, 0.05) is 18.2 Å². The molecule has 2 aromatic carbocycles. The number of amides is 1. The number of carbonyl (C=O) groups excluding carboxylic acids is 1. The van der Waals surface area contributed by atoms with Gasteiger partial charge in [0.15, 0.2) is 5.60 Å². The molecule has 0 bridgehead atoms. The van der Waals surface area contributed by atoms with E-state index in [1.165, 1.54) is 14.0 Å². The Morgan fingerprint density at radius 1 is 1.27 bits per heavy atom. The maximum Gasteiger partial charge on any atom is 0.251 e. The molecule has 8 nitrogen and oxygen atoms in total. The number of hydrogen-bond acceptors (Lipinski definition) is 7. The van der Waals surface area contributed by atoms with E-state index in [9.17, 15) is 25.2 Å². The summed E-state index contributed by atoms with van der Waals surface area (Å²) in [6.07, 6.45) is -5.65. The lowest BCUT2D eigenvalue weighted by atomic mass is 9.88. The molecule has 1 heterocycles. The lowest BCUT2D eigenvalue weighted by Gasteiger charge is -2.45. The molecule has 0 radical (unpaired) electrons. The lowest BCUT2D eigenvalue weighted by Crippen LogP contribution is -2.66. The zero-order valence-electron chi connectivity index (χ0n) is 16.4. The van der Waals surface area contributed by atoms with E-state index in [4.69, 9.17) is 21.1 Å². The highest BCUT2D eigenvalue weighted by Gasteiger charge is 2.53. The van der Waals surface area contributed by atoms with Gasteiger partial charge in [0.25, 0.3) is 5.91 Å². The zero-order valence-corrected chi connectivity index (χ0v) is 17.2. The van der Waals surface area contributed by atoms with Gasteiger partial charge in [0.05, 0.1) is 11.6 Å². The molecule has 0 aromatic heterocycles. The second kappa shape index (κ2) is 8.89. The van der Waals surface area contributed by atoms with Crippen LogP contribution in [0.4, 0.5) is 0 Å². The molecule has 1 saturated heterocycles. The minimum Gasteiger partial charge on any atom is -0.460 e. The van der Waals surface area contributed by atoms with Gasteiger partial charge in [-0.2, -0.15) is 0 Å². The van der Waals surface area contributed by atoms with Crippen molar-refractivity contribution in [3.63, 3.8) is 0 Å². The summed E-state index contributed by atoms with van der Waals surface area (Å²) in [6, 6.07) is 11.8. The average Bonchev–Trinajstić information content (AvgIpc) is 2.75. The Morgan fingerprint density at radius 3 is 2.63 bits per heavy atom. The average molecular weight is 438 g/mol. The number of aliphatic hydroxyl groups is 4. The number of rotatable bonds is 5. The largest absolute Gasteiger partial charge is 0.460 e. The van der Waals surface area contributed by atoms with E-state index in [0.717, 1.165) is 0 Å². The SMILES string of the molecule is CNC(=O)c1cccc(-c2cccc(O[C@H]3OC(CO)[C@@H](O)C(O)[C@]3(C)O)c2Cl)c1. The van der Waals surface area contributed by atoms with Gasteiger partial charge in [-0.3, -0.25) is 4.79 Å². The van der Waals surface area contributed by atoms with Crippen LogP contribution in [0, 0.1) is 0 Å². The van der Waals surface area contributed by atoms with Crippen molar-refractivity contribution in [3.05, 3.63) is 53.1 Å². The van der Waals surface area contributed by atoms with Gasteiger partial charge in [-0.1, -0.05) is 35.9 Å². The Hall–Kier alpha value is -2.20. The summed E-state index contributed by atoms with van der Waals surface area (Å²) in [5.41, 5.74) is -0.260. The second-order valence-corrected chi connectivity index (χ2v) is 7.62. The minimum absolute atomic E-state index is 0.157. The highest BCUT2D eigenvalue weighted by Crippen LogP contribution is 2.38. The van der Waals surface area contributed by atoms with Gasteiger partial charge < -0.3 is 35.2 Å². The molecule has 30 heavy (non-hydrogen) atoms. The van der Waals surface area contributed by atoms with Crippen LogP contribution in [0.2, 0.25) is 5.02 Å².